The van der Waals surface area contributed by atoms with E-state index in [0.29, 0.717) is 17.1 Å². The first-order chi connectivity index (χ1) is 16.0. The Bertz CT molecular complexity index is 1140. The number of amides is 1. The molecule has 1 aromatic carbocycles. The number of pyridine rings is 1. The van der Waals surface area contributed by atoms with E-state index in [-0.39, 0.29) is 16.3 Å². The van der Waals surface area contributed by atoms with Crippen molar-refractivity contribution in [3.8, 4) is 0 Å². The van der Waals surface area contributed by atoms with E-state index in [1.807, 2.05) is 0 Å². The summed E-state index contributed by atoms with van der Waals surface area (Å²) in [6, 6.07) is 11.6. The van der Waals surface area contributed by atoms with Crippen molar-refractivity contribution in [3.05, 3.63) is 82.0 Å². The number of benzene rings is 1. The van der Waals surface area contributed by atoms with Gasteiger partial charge in [-0.1, -0.05) is 53.6 Å². The number of aryl methyl sites for hydroxylation is 1. The van der Waals surface area contributed by atoms with Crippen LogP contribution in [0.5, 0.6) is 0 Å². The molecule has 9 heteroatoms. The summed E-state index contributed by atoms with van der Waals surface area (Å²) < 4.78 is 0. The van der Waals surface area contributed by atoms with E-state index in [9.17, 15) is 4.79 Å². The SMILES string of the molecule is Cc1ccc(/C=C/CN2CCN(c3nc(Cl)ncc3NC(=O)c3ccnc(Cl)c3)CC2)cc1. The van der Waals surface area contributed by atoms with Crippen LogP contribution in [0.3, 0.4) is 0 Å². The van der Waals surface area contributed by atoms with Crippen molar-refractivity contribution >= 4 is 46.7 Å². The van der Waals surface area contributed by atoms with Gasteiger partial charge in [-0.3, -0.25) is 9.69 Å². The molecular formula is C24H24Cl2N6O. The second-order valence-corrected chi connectivity index (χ2v) is 8.52. The topological polar surface area (TPSA) is 74.2 Å². The van der Waals surface area contributed by atoms with Crippen molar-refractivity contribution in [1.29, 1.82) is 0 Å². The zero-order chi connectivity index (χ0) is 23.2. The number of anilines is 2. The molecule has 0 bridgehead atoms. The van der Waals surface area contributed by atoms with E-state index in [4.69, 9.17) is 23.2 Å². The standard InChI is InChI=1S/C24H24Cl2N6O/c1-17-4-6-18(7-5-17)3-2-10-31-11-13-32(14-12-31)22-20(16-28-24(26)30-22)29-23(33)19-8-9-27-21(25)15-19/h2-9,15-16H,10-14H2,1H3,(H,29,33)/b3-2+. The highest BCUT2D eigenvalue weighted by Crippen LogP contribution is 2.26. The smallest absolute Gasteiger partial charge is 0.255 e. The Balaban J connectivity index is 1.38. The van der Waals surface area contributed by atoms with Gasteiger partial charge in [0, 0.05) is 44.5 Å². The quantitative estimate of drug-likeness (QED) is 0.409. The third-order valence-electron chi connectivity index (χ3n) is 5.40. The first-order valence-electron chi connectivity index (χ1n) is 10.6. The molecule has 1 saturated heterocycles. The van der Waals surface area contributed by atoms with E-state index < -0.39 is 0 Å². The number of rotatable bonds is 6. The van der Waals surface area contributed by atoms with Gasteiger partial charge in [-0.05, 0) is 36.2 Å². The molecule has 0 radical (unpaired) electrons. The molecule has 3 heterocycles. The molecule has 0 atom stereocenters. The van der Waals surface area contributed by atoms with Gasteiger partial charge < -0.3 is 10.2 Å². The molecule has 0 saturated carbocycles. The Morgan fingerprint density at radius 1 is 1.09 bits per heavy atom. The molecule has 0 unspecified atom stereocenters. The molecule has 1 fully saturated rings. The van der Waals surface area contributed by atoms with Crippen molar-refractivity contribution in [2.75, 3.05) is 42.9 Å². The molecule has 4 rings (SSSR count). The van der Waals surface area contributed by atoms with Crippen molar-refractivity contribution in [3.63, 3.8) is 0 Å². The lowest BCUT2D eigenvalue weighted by Crippen LogP contribution is -2.47. The van der Waals surface area contributed by atoms with Gasteiger partial charge in [-0.15, -0.1) is 0 Å². The molecule has 2 aromatic heterocycles. The van der Waals surface area contributed by atoms with E-state index in [1.54, 1.807) is 6.07 Å². The molecule has 1 aliphatic rings. The maximum atomic E-state index is 12.7. The fourth-order valence-electron chi connectivity index (χ4n) is 3.58. The second kappa shape index (κ2) is 10.7. The minimum Gasteiger partial charge on any atom is -0.352 e. The van der Waals surface area contributed by atoms with E-state index in [1.165, 1.54) is 29.6 Å². The molecular weight excluding hydrogens is 459 g/mol. The highest BCUT2D eigenvalue weighted by molar-refractivity contribution is 6.30. The summed E-state index contributed by atoms with van der Waals surface area (Å²) in [5, 5.41) is 3.26. The summed E-state index contributed by atoms with van der Waals surface area (Å²) in [7, 11) is 0. The third kappa shape index (κ3) is 6.28. The maximum absolute atomic E-state index is 12.7. The molecule has 1 aliphatic heterocycles. The molecule has 170 valence electrons. The third-order valence-corrected chi connectivity index (χ3v) is 5.79. The molecule has 0 spiro atoms. The Hall–Kier alpha value is -3.00. The van der Waals surface area contributed by atoms with Crippen LogP contribution in [0.1, 0.15) is 21.5 Å². The number of nitrogens with one attached hydrogen (secondary N) is 1. The lowest BCUT2D eigenvalue weighted by Gasteiger charge is -2.35. The Labute approximate surface area is 203 Å². The second-order valence-electron chi connectivity index (χ2n) is 7.80. The van der Waals surface area contributed by atoms with Gasteiger partial charge in [0.15, 0.2) is 5.82 Å². The van der Waals surface area contributed by atoms with Gasteiger partial charge in [0.05, 0.1) is 6.20 Å². The van der Waals surface area contributed by atoms with Crippen LogP contribution < -0.4 is 10.2 Å². The summed E-state index contributed by atoms with van der Waals surface area (Å²) >= 11 is 12.0. The van der Waals surface area contributed by atoms with E-state index >= 15 is 0 Å². The monoisotopic (exact) mass is 482 g/mol. The first kappa shape index (κ1) is 23.2. The van der Waals surface area contributed by atoms with Gasteiger partial charge >= 0.3 is 0 Å². The number of hydrogen-bond acceptors (Lipinski definition) is 6. The fourth-order valence-corrected chi connectivity index (χ4v) is 3.88. The van der Waals surface area contributed by atoms with Gasteiger partial charge in [0.2, 0.25) is 5.28 Å². The zero-order valence-electron chi connectivity index (χ0n) is 18.2. The van der Waals surface area contributed by atoms with Crippen molar-refractivity contribution in [2.45, 2.75) is 6.92 Å². The minimum atomic E-state index is -0.314. The Kier molecular flexibility index (Phi) is 7.54. The summed E-state index contributed by atoms with van der Waals surface area (Å²) in [6.45, 7) is 6.22. The highest BCUT2D eigenvalue weighted by atomic mass is 35.5. The van der Waals surface area contributed by atoms with Gasteiger partial charge in [0.25, 0.3) is 5.91 Å². The van der Waals surface area contributed by atoms with Crippen LogP contribution in [0.4, 0.5) is 11.5 Å². The zero-order valence-corrected chi connectivity index (χ0v) is 19.7. The summed E-state index contributed by atoms with van der Waals surface area (Å²) in [5.74, 6) is 0.296. The molecule has 0 aliphatic carbocycles. The van der Waals surface area contributed by atoms with Gasteiger partial charge in [0.1, 0.15) is 10.8 Å². The Morgan fingerprint density at radius 3 is 2.58 bits per heavy atom. The Morgan fingerprint density at radius 2 is 1.85 bits per heavy atom. The molecule has 33 heavy (non-hydrogen) atoms. The lowest BCUT2D eigenvalue weighted by molar-refractivity contribution is 0.102. The average Bonchev–Trinajstić information content (AvgIpc) is 2.82. The maximum Gasteiger partial charge on any atom is 0.255 e. The number of halogens is 2. The fraction of sp³-hybridized carbons (Fsp3) is 0.250. The summed E-state index contributed by atoms with van der Waals surface area (Å²) in [4.78, 5) is 29.5. The van der Waals surface area contributed by atoms with Gasteiger partial charge in [-0.25, -0.2) is 9.97 Å². The van der Waals surface area contributed by atoms with Crippen LogP contribution in [0.2, 0.25) is 10.4 Å². The first-order valence-corrected chi connectivity index (χ1v) is 11.4. The highest BCUT2D eigenvalue weighted by Gasteiger charge is 2.22. The number of nitrogens with zero attached hydrogens (tertiary/aromatic N) is 5. The molecule has 7 nitrogen and oxygen atoms in total. The predicted octanol–water partition coefficient (Wildman–Crippen LogP) is 4.57. The molecule has 1 N–H and O–H groups in total. The largest absolute Gasteiger partial charge is 0.352 e. The van der Waals surface area contributed by atoms with Crippen molar-refractivity contribution in [2.24, 2.45) is 0 Å². The van der Waals surface area contributed by atoms with E-state index in [0.717, 1.165) is 32.7 Å². The minimum absolute atomic E-state index is 0.137. The number of carbonyl (C=O) groups excluding carboxylic acids is 1. The average molecular weight is 483 g/mol. The van der Waals surface area contributed by atoms with Crippen LogP contribution in [0.25, 0.3) is 6.08 Å². The van der Waals surface area contributed by atoms with Gasteiger partial charge in [-0.2, -0.15) is 4.98 Å². The summed E-state index contributed by atoms with van der Waals surface area (Å²) in [6.07, 6.45) is 7.35. The van der Waals surface area contributed by atoms with Crippen LogP contribution in [-0.2, 0) is 0 Å². The number of hydrogen-bond donors (Lipinski definition) is 1. The van der Waals surface area contributed by atoms with Crippen LogP contribution in [0.15, 0.2) is 54.9 Å². The van der Waals surface area contributed by atoms with Crippen molar-refractivity contribution < 1.29 is 4.79 Å². The van der Waals surface area contributed by atoms with Crippen LogP contribution in [0, 0.1) is 6.92 Å². The number of piperazine rings is 1. The summed E-state index contributed by atoms with van der Waals surface area (Å²) in [5.41, 5.74) is 3.37. The molecule has 1 amide bonds. The molecule has 3 aromatic rings. The lowest BCUT2D eigenvalue weighted by atomic mass is 10.1. The van der Waals surface area contributed by atoms with Crippen LogP contribution >= 0.6 is 23.2 Å². The normalized spacial score (nSPS) is 14.6. The number of aromatic nitrogens is 3. The van der Waals surface area contributed by atoms with Crippen LogP contribution in [-0.4, -0.2) is 58.5 Å². The predicted molar refractivity (Wildman–Crippen MR) is 133 cm³/mol. The number of carbonyl (C=O) groups is 1. The van der Waals surface area contributed by atoms with E-state index in [2.05, 4.69) is 73.4 Å². The van der Waals surface area contributed by atoms with Crippen molar-refractivity contribution in [1.82, 2.24) is 19.9 Å².